The molecule has 0 aromatic heterocycles. The molecule has 3 heteroatoms. The van der Waals surface area contributed by atoms with Gasteiger partial charge >= 0.3 is 0 Å². The lowest BCUT2D eigenvalue weighted by molar-refractivity contribution is -0.0809. The predicted molar refractivity (Wildman–Crippen MR) is 126 cm³/mol. The predicted octanol–water partition coefficient (Wildman–Crippen LogP) is 5.93. The van der Waals surface area contributed by atoms with Crippen molar-refractivity contribution in [1.29, 1.82) is 0 Å². The summed E-state index contributed by atoms with van der Waals surface area (Å²) in [6.45, 7) is 12.0. The molecular weight excluding hydrogens is 367 g/mol. The van der Waals surface area contributed by atoms with Gasteiger partial charge in [0.25, 0.3) is 0 Å². The number of hydrogen-bond donors (Lipinski definition) is 2. The molecule has 30 heavy (non-hydrogen) atoms. The smallest absolute Gasteiger partial charge is 0.160 e. The van der Waals surface area contributed by atoms with Crippen LogP contribution in [0.4, 0.5) is 0 Å². The highest BCUT2D eigenvalue weighted by molar-refractivity contribution is 6.14. The second-order valence-electron chi connectivity index (χ2n) is 12.2. The Morgan fingerprint density at radius 1 is 1.00 bits per heavy atom. The molecule has 3 fully saturated rings. The van der Waals surface area contributed by atoms with Gasteiger partial charge < -0.3 is 10.2 Å². The van der Waals surface area contributed by atoms with Gasteiger partial charge in [0.05, 0.1) is 0 Å². The van der Waals surface area contributed by atoms with Crippen molar-refractivity contribution in [2.45, 2.75) is 90.8 Å². The van der Waals surface area contributed by atoms with Crippen molar-refractivity contribution in [3.05, 3.63) is 34.4 Å². The summed E-state index contributed by atoms with van der Waals surface area (Å²) in [5, 5.41) is 20.9. The highest BCUT2D eigenvalue weighted by atomic mass is 16.3. The average Bonchev–Trinajstić information content (AvgIpc) is 2.69. The Morgan fingerprint density at radius 3 is 2.47 bits per heavy atom. The largest absolute Gasteiger partial charge is 0.504 e. The Balaban J connectivity index is 1.64. The van der Waals surface area contributed by atoms with Gasteiger partial charge in [0.15, 0.2) is 11.5 Å². The molecule has 7 unspecified atom stereocenters. The number of fused-ring (bicyclic) bond motifs is 7. The Bertz CT molecular complexity index is 935. The molecule has 0 amide bonds. The van der Waals surface area contributed by atoms with E-state index in [9.17, 15) is 10.2 Å². The van der Waals surface area contributed by atoms with Crippen molar-refractivity contribution in [1.82, 2.24) is 0 Å². The highest BCUT2D eigenvalue weighted by Gasteiger charge is 2.60. The van der Waals surface area contributed by atoms with Crippen LogP contribution in [0.25, 0.3) is 0 Å². The third-order valence-electron chi connectivity index (χ3n) is 10.5. The quantitative estimate of drug-likeness (QED) is 0.318. The molecule has 162 valence electrons. The van der Waals surface area contributed by atoms with Crippen molar-refractivity contribution in [2.24, 2.45) is 28.6 Å². The second kappa shape index (κ2) is 6.33. The summed E-state index contributed by atoms with van der Waals surface area (Å²) in [6.07, 6.45) is 11.9. The van der Waals surface area contributed by atoms with E-state index in [4.69, 9.17) is 0 Å². The van der Waals surface area contributed by atoms with Crippen molar-refractivity contribution in [3.8, 4) is 11.5 Å². The summed E-state index contributed by atoms with van der Waals surface area (Å²) >= 11 is 0. The first-order valence-electron chi connectivity index (χ1n) is 12.3. The van der Waals surface area contributed by atoms with Crippen LogP contribution in [0.15, 0.2) is 17.7 Å². The molecular formula is C27H39BO2. The van der Waals surface area contributed by atoms with Gasteiger partial charge in [0.2, 0.25) is 0 Å². The molecule has 7 atom stereocenters. The standard InChI is InChI=1S/C27H39BO2/c1-15-6-8-25(3)10-11-27(5)17(18(25)12-15)7-9-26(4)19-13-21(29)24(30)16(2)23(19)20(28)14-22(26)27/h13-15,17-18,20,29-30H,6-12,28H2,1-5H3. The van der Waals surface area contributed by atoms with E-state index < -0.39 is 0 Å². The van der Waals surface area contributed by atoms with Crippen LogP contribution < -0.4 is 0 Å². The van der Waals surface area contributed by atoms with Gasteiger partial charge in [-0.05, 0) is 103 Å². The molecule has 0 aliphatic heterocycles. The maximum absolute atomic E-state index is 10.5. The minimum atomic E-state index is -0.0307. The molecule has 0 bridgehead atoms. The van der Waals surface area contributed by atoms with Crippen molar-refractivity contribution < 1.29 is 10.2 Å². The number of rotatable bonds is 0. The molecule has 4 aliphatic rings. The number of phenols is 2. The topological polar surface area (TPSA) is 40.5 Å². The number of hydrogen-bond acceptors (Lipinski definition) is 2. The Hall–Kier alpha value is -1.38. The summed E-state index contributed by atoms with van der Waals surface area (Å²) < 4.78 is 0. The number of phenolic OH excluding ortho intramolecular Hbond substituents is 2. The number of allylic oxidation sites excluding steroid dienone is 2. The molecule has 2 N–H and O–H groups in total. The summed E-state index contributed by atoms with van der Waals surface area (Å²) in [4.78, 5) is 0. The van der Waals surface area contributed by atoms with Crippen LogP contribution in [0.5, 0.6) is 11.5 Å². The summed E-state index contributed by atoms with van der Waals surface area (Å²) in [5.74, 6) is 2.87. The first kappa shape index (κ1) is 20.5. The molecule has 0 heterocycles. The lowest BCUT2D eigenvalue weighted by atomic mass is 9.40. The van der Waals surface area contributed by atoms with Gasteiger partial charge in [0.1, 0.15) is 7.85 Å². The van der Waals surface area contributed by atoms with Crippen LogP contribution in [0.2, 0.25) is 0 Å². The zero-order valence-corrected chi connectivity index (χ0v) is 19.8. The van der Waals surface area contributed by atoms with Crippen LogP contribution in [0.3, 0.4) is 0 Å². The summed E-state index contributed by atoms with van der Waals surface area (Å²) in [6, 6.07) is 1.89. The van der Waals surface area contributed by atoms with E-state index in [1.54, 1.807) is 5.57 Å². The van der Waals surface area contributed by atoms with Gasteiger partial charge in [-0.15, -0.1) is 0 Å². The lowest BCUT2D eigenvalue weighted by Gasteiger charge is -2.64. The molecule has 2 nitrogen and oxygen atoms in total. The third-order valence-corrected chi connectivity index (χ3v) is 10.5. The van der Waals surface area contributed by atoms with Crippen LogP contribution in [0, 0.1) is 35.5 Å². The van der Waals surface area contributed by atoms with Crippen molar-refractivity contribution in [3.63, 3.8) is 0 Å². The van der Waals surface area contributed by atoms with Crippen molar-refractivity contribution >= 4 is 7.85 Å². The minimum Gasteiger partial charge on any atom is -0.504 e. The average molecular weight is 406 g/mol. The fraction of sp³-hybridized carbons (Fsp3) is 0.704. The van der Waals surface area contributed by atoms with E-state index in [1.807, 2.05) is 13.0 Å². The lowest BCUT2D eigenvalue weighted by Crippen LogP contribution is -2.56. The molecule has 1 aromatic carbocycles. The van der Waals surface area contributed by atoms with Crippen LogP contribution >= 0.6 is 0 Å². The minimum absolute atomic E-state index is 0.0307. The van der Waals surface area contributed by atoms with E-state index in [0.717, 1.165) is 29.7 Å². The third kappa shape index (κ3) is 2.50. The van der Waals surface area contributed by atoms with Gasteiger partial charge in [0, 0.05) is 5.41 Å². The van der Waals surface area contributed by atoms with Crippen molar-refractivity contribution in [2.75, 3.05) is 0 Å². The Kier molecular flexibility index (Phi) is 4.33. The molecule has 3 saturated carbocycles. The zero-order valence-electron chi connectivity index (χ0n) is 19.8. The second-order valence-corrected chi connectivity index (χ2v) is 12.2. The Morgan fingerprint density at radius 2 is 1.73 bits per heavy atom. The number of benzene rings is 1. The van der Waals surface area contributed by atoms with E-state index in [2.05, 4.69) is 41.6 Å². The van der Waals surface area contributed by atoms with Gasteiger partial charge in [-0.3, -0.25) is 0 Å². The van der Waals surface area contributed by atoms with E-state index in [0.29, 0.717) is 5.41 Å². The van der Waals surface area contributed by atoms with Gasteiger partial charge in [-0.25, -0.2) is 0 Å². The van der Waals surface area contributed by atoms with E-state index in [-0.39, 0.29) is 28.1 Å². The molecule has 0 radical (unpaired) electrons. The summed E-state index contributed by atoms with van der Waals surface area (Å²) in [7, 11) is 2.28. The monoisotopic (exact) mass is 406 g/mol. The first-order chi connectivity index (χ1) is 14.0. The van der Waals surface area contributed by atoms with Crippen LogP contribution in [-0.4, -0.2) is 18.1 Å². The molecule has 1 aromatic rings. The van der Waals surface area contributed by atoms with Crippen LogP contribution in [0.1, 0.15) is 95.1 Å². The molecule has 0 spiro atoms. The molecule has 4 aliphatic carbocycles. The highest BCUT2D eigenvalue weighted by Crippen LogP contribution is 2.69. The maximum atomic E-state index is 10.5. The normalized spacial score (nSPS) is 44.9. The first-order valence-corrected chi connectivity index (χ1v) is 12.3. The fourth-order valence-corrected chi connectivity index (χ4v) is 8.63. The fourth-order valence-electron chi connectivity index (χ4n) is 8.63. The van der Waals surface area contributed by atoms with Gasteiger partial charge in [-0.2, -0.15) is 0 Å². The molecule has 5 rings (SSSR count). The maximum Gasteiger partial charge on any atom is 0.160 e. The Labute approximate surface area is 183 Å². The summed E-state index contributed by atoms with van der Waals surface area (Å²) in [5.41, 5.74) is 5.76. The number of aromatic hydroxyl groups is 2. The molecule has 0 saturated heterocycles. The van der Waals surface area contributed by atoms with Crippen LogP contribution in [-0.2, 0) is 5.41 Å². The van der Waals surface area contributed by atoms with E-state index >= 15 is 0 Å². The SMILES string of the molecule is BC1C=C2C(C)(CCC3C4CC(C)CCC4(C)CCC23C)c2cc(O)c(O)c(C)c21. The zero-order chi connectivity index (χ0) is 21.6. The van der Waals surface area contributed by atoms with E-state index in [1.165, 1.54) is 49.7 Å². The van der Waals surface area contributed by atoms with Gasteiger partial charge in [-0.1, -0.05) is 45.8 Å².